The summed E-state index contributed by atoms with van der Waals surface area (Å²) in [6.45, 7) is 0. The normalized spacial score (nSPS) is 13.5. The van der Waals surface area contributed by atoms with Crippen LogP contribution in [0.25, 0.3) is 0 Å². The van der Waals surface area contributed by atoms with Crippen molar-refractivity contribution in [3.05, 3.63) is 51.2 Å². The number of halogens is 2. The van der Waals surface area contributed by atoms with Gasteiger partial charge in [0.2, 0.25) is 0 Å². The van der Waals surface area contributed by atoms with Crippen molar-refractivity contribution >= 4 is 44.4 Å². The molecule has 0 aliphatic heterocycles. The van der Waals surface area contributed by atoms with Crippen LogP contribution in [0.4, 0.5) is 0 Å². The maximum atomic E-state index is 11.5. The van der Waals surface area contributed by atoms with E-state index in [0.29, 0.717) is 4.34 Å². The summed E-state index contributed by atoms with van der Waals surface area (Å²) in [5.41, 5.74) is 0.748. The highest BCUT2D eigenvalue weighted by Gasteiger charge is 2.15. The molecule has 1 unspecified atom stereocenters. The Hall–Kier alpha value is -0.550. The third-order valence-corrected chi connectivity index (χ3v) is 5.45. The van der Waals surface area contributed by atoms with Crippen LogP contribution in [0.5, 0.6) is 0 Å². The summed E-state index contributed by atoms with van der Waals surface area (Å²) >= 11 is 13.6. The van der Waals surface area contributed by atoms with Gasteiger partial charge in [0.05, 0.1) is 14.6 Å². The second-order valence-electron chi connectivity index (χ2n) is 3.85. The highest BCUT2D eigenvalue weighted by Crippen LogP contribution is 2.35. The zero-order valence-corrected chi connectivity index (χ0v) is 12.6. The smallest absolute Gasteiger partial charge is 0.175 e. The third kappa shape index (κ3) is 3.06. The molecule has 6 heteroatoms. The molecule has 1 heterocycles. The minimum absolute atomic E-state index is 0.272. The van der Waals surface area contributed by atoms with E-state index in [0.717, 1.165) is 10.4 Å². The predicted octanol–water partition coefficient (Wildman–Crippen LogP) is 4.13. The van der Waals surface area contributed by atoms with Crippen molar-refractivity contribution in [1.29, 1.82) is 0 Å². The molecule has 0 fully saturated rings. The van der Waals surface area contributed by atoms with Crippen molar-refractivity contribution in [2.24, 2.45) is 0 Å². The van der Waals surface area contributed by atoms with Gasteiger partial charge in [-0.05, 0) is 29.8 Å². The van der Waals surface area contributed by atoms with E-state index in [2.05, 4.69) is 0 Å². The lowest BCUT2D eigenvalue weighted by Gasteiger charge is -2.09. The van der Waals surface area contributed by atoms with E-state index in [1.807, 2.05) is 6.07 Å². The van der Waals surface area contributed by atoms with Crippen LogP contribution in [-0.4, -0.2) is 14.7 Å². The van der Waals surface area contributed by atoms with Crippen LogP contribution in [0, 0.1) is 0 Å². The second-order valence-corrected chi connectivity index (χ2v) is 8.05. The molecule has 0 aliphatic rings. The van der Waals surface area contributed by atoms with Gasteiger partial charge in [-0.25, -0.2) is 8.42 Å². The minimum atomic E-state index is -3.22. The number of rotatable bonds is 3. The Balaban J connectivity index is 2.40. The van der Waals surface area contributed by atoms with Crippen LogP contribution in [0.2, 0.25) is 4.34 Å². The van der Waals surface area contributed by atoms with E-state index >= 15 is 0 Å². The van der Waals surface area contributed by atoms with Gasteiger partial charge in [0.25, 0.3) is 0 Å². The monoisotopic (exact) mass is 320 g/mol. The van der Waals surface area contributed by atoms with Crippen molar-refractivity contribution in [3.63, 3.8) is 0 Å². The molecule has 0 aliphatic carbocycles. The average Bonchev–Trinajstić information content (AvgIpc) is 2.74. The van der Waals surface area contributed by atoms with Gasteiger partial charge < -0.3 is 0 Å². The molecule has 0 bridgehead atoms. The zero-order chi connectivity index (χ0) is 13.3. The van der Waals surface area contributed by atoms with Gasteiger partial charge in [-0.2, -0.15) is 0 Å². The quantitative estimate of drug-likeness (QED) is 0.797. The summed E-state index contributed by atoms with van der Waals surface area (Å²) in [4.78, 5) is 1.17. The summed E-state index contributed by atoms with van der Waals surface area (Å²) in [5.74, 6) is 0. The Kier molecular flexibility index (Phi) is 4.02. The maximum absolute atomic E-state index is 11.5. The second kappa shape index (κ2) is 5.21. The van der Waals surface area contributed by atoms with E-state index in [4.69, 9.17) is 23.2 Å². The summed E-state index contributed by atoms with van der Waals surface area (Å²) in [6, 6.07) is 10.3. The fourth-order valence-electron chi connectivity index (χ4n) is 1.53. The van der Waals surface area contributed by atoms with Crippen LogP contribution in [0.1, 0.15) is 15.8 Å². The third-order valence-electron chi connectivity index (χ3n) is 2.42. The fraction of sp³-hybridized carbons (Fsp3) is 0.167. The molecular weight excluding hydrogens is 311 g/mol. The number of benzene rings is 1. The molecular formula is C12H10Cl2O2S2. The Labute approximate surface area is 120 Å². The van der Waals surface area contributed by atoms with Gasteiger partial charge in [0, 0.05) is 11.1 Å². The van der Waals surface area contributed by atoms with Crippen molar-refractivity contribution in [1.82, 2.24) is 0 Å². The van der Waals surface area contributed by atoms with Gasteiger partial charge >= 0.3 is 0 Å². The molecule has 0 saturated heterocycles. The minimum Gasteiger partial charge on any atom is -0.224 e. The Morgan fingerprint density at radius 2 is 1.94 bits per heavy atom. The Morgan fingerprint density at radius 1 is 1.22 bits per heavy atom. The first-order valence-corrected chi connectivity index (χ1v) is 8.59. The molecule has 0 saturated carbocycles. The van der Waals surface area contributed by atoms with Crippen LogP contribution < -0.4 is 0 Å². The molecule has 18 heavy (non-hydrogen) atoms. The highest BCUT2D eigenvalue weighted by atomic mass is 35.5. The number of sulfone groups is 1. The van der Waals surface area contributed by atoms with E-state index in [9.17, 15) is 8.42 Å². The molecule has 1 aromatic heterocycles. The molecule has 0 radical (unpaired) electrons. The fourth-order valence-corrected chi connectivity index (χ4v) is 3.62. The number of hydrogen-bond acceptors (Lipinski definition) is 3. The number of alkyl halides is 1. The number of hydrogen-bond donors (Lipinski definition) is 0. The molecule has 2 rings (SSSR count). The summed E-state index contributed by atoms with van der Waals surface area (Å²) < 4.78 is 23.6. The van der Waals surface area contributed by atoms with E-state index in [1.165, 1.54) is 17.6 Å². The van der Waals surface area contributed by atoms with E-state index < -0.39 is 9.84 Å². The maximum Gasteiger partial charge on any atom is 0.175 e. The first kappa shape index (κ1) is 13.9. The summed E-state index contributed by atoms with van der Waals surface area (Å²) in [6.07, 6.45) is 1.18. The van der Waals surface area contributed by atoms with Crippen LogP contribution in [0.15, 0.2) is 41.3 Å². The molecule has 2 nitrogen and oxygen atoms in total. The van der Waals surface area contributed by atoms with Crippen molar-refractivity contribution < 1.29 is 8.42 Å². The summed E-state index contributed by atoms with van der Waals surface area (Å²) in [5, 5.41) is -0.385. The molecule has 0 spiro atoms. The Bertz CT molecular complexity index is 662. The first-order valence-electron chi connectivity index (χ1n) is 5.07. The van der Waals surface area contributed by atoms with E-state index in [-0.39, 0.29) is 10.3 Å². The topological polar surface area (TPSA) is 34.1 Å². The van der Waals surface area contributed by atoms with Gasteiger partial charge in [0.15, 0.2) is 9.84 Å². The lowest BCUT2D eigenvalue weighted by Crippen LogP contribution is -1.99. The van der Waals surface area contributed by atoms with E-state index in [1.54, 1.807) is 30.3 Å². The van der Waals surface area contributed by atoms with Gasteiger partial charge in [0.1, 0.15) is 0 Å². The molecule has 96 valence electrons. The largest absolute Gasteiger partial charge is 0.224 e. The van der Waals surface area contributed by atoms with Crippen molar-refractivity contribution in [3.8, 4) is 0 Å². The zero-order valence-electron chi connectivity index (χ0n) is 9.43. The van der Waals surface area contributed by atoms with Gasteiger partial charge in [-0.3, -0.25) is 0 Å². The molecule has 1 aromatic carbocycles. The molecule has 1 atom stereocenters. The lowest BCUT2D eigenvalue weighted by atomic mass is 10.1. The van der Waals surface area contributed by atoms with Crippen LogP contribution >= 0.6 is 34.5 Å². The summed E-state index contributed by atoms with van der Waals surface area (Å²) in [7, 11) is -3.22. The highest BCUT2D eigenvalue weighted by molar-refractivity contribution is 7.90. The standard InChI is InChI=1S/C12H10Cl2O2S2/c1-18(15,16)9-4-2-3-8(7-9)12(14)10-5-6-11(13)17-10/h2-7,12H,1H3. The average molecular weight is 321 g/mol. The predicted molar refractivity (Wildman–Crippen MR) is 76.6 cm³/mol. The van der Waals surface area contributed by atoms with Crippen LogP contribution in [-0.2, 0) is 9.84 Å². The van der Waals surface area contributed by atoms with Crippen molar-refractivity contribution in [2.45, 2.75) is 10.3 Å². The Morgan fingerprint density at radius 3 is 2.50 bits per heavy atom. The molecule has 2 aromatic rings. The first-order chi connectivity index (χ1) is 8.38. The lowest BCUT2D eigenvalue weighted by molar-refractivity contribution is 0.602. The molecule has 0 N–H and O–H groups in total. The van der Waals surface area contributed by atoms with Crippen LogP contribution in [0.3, 0.4) is 0 Å². The number of thiophene rings is 1. The van der Waals surface area contributed by atoms with Gasteiger partial charge in [-0.15, -0.1) is 22.9 Å². The molecule has 0 amide bonds. The van der Waals surface area contributed by atoms with Crippen molar-refractivity contribution in [2.75, 3.05) is 6.26 Å². The SMILES string of the molecule is CS(=O)(=O)c1cccc(C(Cl)c2ccc(Cl)s2)c1. The van der Waals surface area contributed by atoms with Gasteiger partial charge in [-0.1, -0.05) is 23.7 Å².